The number of halogens is 3. The summed E-state index contributed by atoms with van der Waals surface area (Å²) in [5.41, 5.74) is 1.17. The number of hydrogen-bond acceptors (Lipinski definition) is 1. The zero-order valence-corrected chi connectivity index (χ0v) is 13.8. The topological polar surface area (TPSA) is 9.23 Å². The van der Waals surface area contributed by atoms with Gasteiger partial charge in [-0.15, -0.1) is 0 Å². The third-order valence-corrected chi connectivity index (χ3v) is 5.26. The molecule has 0 aliphatic rings. The second kappa shape index (κ2) is 8.28. The predicted molar refractivity (Wildman–Crippen MR) is 81.4 cm³/mol. The Morgan fingerprint density at radius 2 is 1.78 bits per heavy atom. The Balaban J connectivity index is 2.75. The van der Waals surface area contributed by atoms with Gasteiger partial charge in [-0.1, -0.05) is 44.0 Å². The molecule has 0 aliphatic heterocycles. The van der Waals surface area contributed by atoms with E-state index in [2.05, 4.69) is 31.9 Å². The van der Waals surface area contributed by atoms with E-state index >= 15 is 0 Å². The van der Waals surface area contributed by atoms with Crippen molar-refractivity contribution in [2.75, 3.05) is 23.9 Å². The van der Waals surface area contributed by atoms with Crippen LogP contribution in [0, 0.1) is 5.82 Å². The molecule has 0 saturated heterocycles. The molecule has 18 heavy (non-hydrogen) atoms. The number of rotatable bonds is 8. The molecule has 0 aliphatic carbocycles. The highest BCUT2D eigenvalue weighted by Crippen LogP contribution is 2.33. The highest BCUT2D eigenvalue weighted by Gasteiger charge is 2.29. The minimum Gasteiger partial charge on any atom is -0.382 e. The lowest BCUT2D eigenvalue weighted by Gasteiger charge is -2.30. The van der Waals surface area contributed by atoms with Crippen molar-refractivity contribution in [2.24, 2.45) is 0 Å². The summed E-state index contributed by atoms with van der Waals surface area (Å²) >= 11 is 7.19. The molecule has 102 valence electrons. The smallest absolute Gasteiger partial charge is 0.123 e. The molecule has 0 spiro atoms. The zero-order valence-electron chi connectivity index (χ0n) is 10.6. The minimum atomic E-state index is -0.189. The zero-order chi connectivity index (χ0) is 13.4. The number of hydrogen-bond donors (Lipinski definition) is 0. The van der Waals surface area contributed by atoms with Gasteiger partial charge in [0.25, 0.3) is 0 Å². The minimum absolute atomic E-state index is 0.00476. The Bertz CT molecular complexity index is 336. The maximum atomic E-state index is 13.0. The highest BCUT2D eigenvalue weighted by molar-refractivity contribution is 9.09. The summed E-state index contributed by atoms with van der Waals surface area (Å²) in [4.78, 5) is 0. The summed E-state index contributed by atoms with van der Waals surface area (Å²) in [5, 5.41) is 1.70. The van der Waals surface area contributed by atoms with E-state index in [0.717, 1.165) is 42.3 Å². The Morgan fingerprint density at radius 3 is 2.28 bits per heavy atom. The molecule has 4 heteroatoms. The molecule has 0 amide bonds. The van der Waals surface area contributed by atoms with Crippen LogP contribution in [0.15, 0.2) is 24.3 Å². The van der Waals surface area contributed by atoms with Gasteiger partial charge in [0, 0.05) is 29.3 Å². The average molecular weight is 382 g/mol. The van der Waals surface area contributed by atoms with E-state index in [9.17, 15) is 4.39 Å². The van der Waals surface area contributed by atoms with Gasteiger partial charge in [-0.2, -0.15) is 0 Å². The molecule has 0 heterocycles. The van der Waals surface area contributed by atoms with Crippen LogP contribution in [0.3, 0.4) is 0 Å². The fourth-order valence-corrected chi connectivity index (χ4v) is 4.07. The first kappa shape index (κ1) is 16.1. The molecule has 0 aromatic heterocycles. The fourth-order valence-electron chi connectivity index (χ4n) is 1.93. The summed E-state index contributed by atoms with van der Waals surface area (Å²) in [6, 6.07) is 6.80. The maximum absolute atomic E-state index is 13.0. The Kier molecular flexibility index (Phi) is 7.42. The third-order valence-electron chi connectivity index (χ3n) is 3.12. The maximum Gasteiger partial charge on any atom is 0.123 e. The Morgan fingerprint density at radius 1 is 1.17 bits per heavy atom. The van der Waals surface area contributed by atoms with Crippen LogP contribution in [-0.4, -0.2) is 23.9 Å². The SMILES string of the molecule is CCOCCCC(CBr)(CBr)c1ccc(F)cc1. The summed E-state index contributed by atoms with van der Waals surface area (Å²) in [5.74, 6) is -0.189. The van der Waals surface area contributed by atoms with Crippen molar-refractivity contribution < 1.29 is 9.13 Å². The van der Waals surface area contributed by atoms with E-state index in [1.165, 1.54) is 12.1 Å². The summed E-state index contributed by atoms with van der Waals surface area (Å²) < 4.78 is 18.4. The van der Waals surface area contributed by atoms with Crippen LogP contribution in [0.2, 0.25) is 0 Å². The molecule has 0 N–H and O–H groups in total. The monoisotopic (exact) mass is 380 g/mol. The van der Waals surface area contributed by atoms with E-state index in [0.29, 0.717) is 0 Å². The van der Waals surface area contributed by atoms with Crippen molar-refractivity contribution in [3.8, 4) is 0 Å². The summed E-state index contributed by atoms with van der Waals surface area (Å²) in [6.45, 7) is 3.54. The molecular formula is C14H19Br2FO. The van der Waals surface area contributed by atoms with Crippen molar-refractivity contribution >= 4 is 31.9 Å². The molecule has 0 unspecified atom stereocenters. The molecule has 1 nitrogen and oxygen atoms in total. The van der Waals surface area contributed by atoms with Gasteiger partial charge >= 0.3 is 0 Å². The molecule has 0 saturated carbocycles. The van der Waals surface area contributed by atoms with Crippen LogP contribution in [0.25, 0.3) is 0 Å². The van der Waals surface area contributed by atoms with Crippen LogP contribution in [0.4, 0.5) is 4.39 Å². The van der Waals surface area contributed by atoms with E-state index < -0.39 is 0 Å². The van der Waals surface area contributed by atoms with Crippen molar-refractivity contribution in [1.82, 2.24) is 0 Å². The van der Waals surface area contributed by atoms with E-state index in [1.54, 1.807) is 0 Å². The lowest BCUT2D eigenvalue weighted by atomic mass is 9.80. The first-order chi connectivity index (χ1) is 8.68. The van der Waals surface area contributed by atoms with Crippen LogP contribution < -0.4 is 0 Å². The van der Waals surface area contributed by atoms with Crippen LogP contribution in [0.1, 0.15) is 25.3 Å². The average Bonchev–Trinajstić information content (AvgIpc) is 2.41. The van der Waals surface area contributed by atoms with E-state index in [1.807, 2.05) is 19.1 Å². The van der Waals surface area contributed by atoms with Crippen molar-refractivity contribution in [3.05, 3.63) is 35.6 Å². The molecule has 0 fully saturated rings. The lowest BCUT2D eigenvalue weighted by molar-refractivity contribution is 0.139. The van der Waals surface area contributed by atoms with Gasteiger partial charge in [0.05, 0.1) is 0 Å². The van der Waals surface area contributed by atoms with Crippen molar-refractivity contribution in [3.63, 3.8) is 0 Å². The van der Waals surface area contributed by atoms with Crippen molar-refractivity contribution in [2.45, 2.75) is 25.2 Å². The predicted octanol–water partition coefficient (Wildman–Crippen LogP) is 4.67. The molecule has 1 aromatic carbocycles. The van der Waals surface area contributed by atoms with Gasteiger partial charge in [-0.05, 0) is 37.5 Å². The van der Waals surface area contributed by atoms with Gasteiger partial charge in [0.2, 0.25) is 0 Å². The quantitative estimate of drug-likeness (QED) is 0.469. The Labute approximate surface area is 125 Å². The van der Waals surface area contributed by atoms with Gasteiger partial charge < -0.3 is 4.74 Å². The first-order valence-corrected chi connectivity index (χ1v) is 8.38. The van der Waals surface area contributed by atoms with Crippen molar-refractivity contribution in [1.29, 1.82) is 0 Å². The molecule has 0 atom stereocenters. The van der Waals surface area contributed by atoms with Gasteiger partial charge in [0.15, 0.2) is 0 Å². The highest BCUT2D eigenvalue weighted by atomic mass is 79.9. The standard InChI is InChI=1S/C14H19Br2FO/c1-2-18-9-3-8-14(10-15,11-16)12-4-6-13(17)7-5-12/h4-7H,2-3,8-11H2,1H3. The summed E-state index contributed by atoms with van der Waals surface area (Å²) in [6.07, 6.45) is 2.01. The van der Waals surface area contributed by atoms with E-state index in [-0.39, 0.29) is 11.2 Å². The lowest BCUT2D eigenvalue weighted by Crippen LogP contribution is -2.30. The second-order valence-electron chi connectivity index (χ2n) is 4.35. The normalized spacial score (nSPS) is 11.8. The molecule has 0 radical (unpaired) electrons. The molecular weight excluding hydrogens is 363 g/mol. The largest absolute Gasteiger partial charge is 0.382 e. The van der Waals surface area contributed by atoms with Crippen LogP contribution in [0.5, 0.6) is 0 Å². The summed E-state index contributed by atoms with van der Waals surface area (Å²) in [7, 11) is 0. The van der Waals surface area contributed by atoms with E-state index in [4.69, 9.17) is 4.74 Å². The van der Waals surface area contributed by atoms with Crippen LogP contribution in [-0.2, 0) is 10.2 Å². The molecule has 0 bridgehead atoms. The Hall–Kier alpha value is 0.0700. The van der Waals surface area contributed by atoms with Gasteiger partial charge in [-0.3, -0.25) is 0 Å². The second-order valence-corrected chi connectivity index (χ2v) is 5.48. The number of alkyl halides is 2. The number of ether oxygens (including phenoxy) is 1. The molecule has 1 aromatic rings. The van der Waals surface area contributed by atoms with Crippen LogP contribution >= 0.6 is 31.9 Å². The van der Waals surface area contributed by atoms with Gasteiger partial charge in [0.1, 0.15) is 5.82 Å². The van der Waals surface area contributed by atoms with Gasteiger partial charge in [-0.25, -0.2) is 4.39 Å². The molecule has 1 rings (SSSR count). The number of benzene rings is 1. The first-order valence-electron chi connectivity index (χ1n) is 6.14. The fraction of sp³-hybridized carbons (Fsp3) is 0.571. The third kappa shape index (κ3) is 4.32.